The van der Waals surface area contributed by atoms with Crippen LogP contribution in [0.4, 0.5) is 4.79 Å². The van der Waals surface area contributed by atoms with E-state index in [0.29, 0.717) is 11.1 Å². The second kappa shape index (κ2) is 11.5. The SMILES string of the molecule is COc1cc([C@@H]2[C@H]3CN(C(=O)OCc4ccccc4)CC=C3C(C#N)=C(N)C2(C#N)C#N)ccc1OCC(N)=O. The molecule has 2 aromatic carbocycles. The van der Waals surface area contributed by atoms with Crippen LogP contribution in [0.15, 0.2) is 71.5 Å². The van der Waals surface area contributed by atoms with Gasteiger partial charge in [-0.1, -0.05) is 42.5 Å². The minimum Gasteiger partial charge on any atom is -0.493 e. The molecule has 2 aliphatic rings. The molecule has 4 rings (SSSR count). The Kier molecular flexibility index (Phi) is 7.93. The van der Waals surface area contributed by atoms with Gasteiger partial charge >= 0.3 is 6.09 Å². The largest absolute Gasteiger partial charge is 0.493 e. The lowest BCUT2D eigenvalue weighted by molar-refractivity contribution is -0.119. The van der Waals surface area contributed by atoms with Crippen LogP contribution in [0, 0.1) is 45.3 Å². The van der Waals surface area contributed by atoms with Crippen molar-refractivity contribution < 1.29 is 23.8 Å². The minimum atomic E-state index is -1.93. The van der Waals surface area contributed by atoms with Gasteiger partial charge in [0.2, 0.25) is 0 Å². The summed E-state index contributed by atoms with van der Waals surface area (Å²) in [6.07, 6.45) is 1.13. The number of rotatable bonds is 7. The Balaban J connectivity index is 1.75. The first-order valence-electron chi connectivity index (χ1n) is 12.3. The van der Waals surface area contributed by atoms with Gasteiger partial charge in [-0.15, -0.1) is 0 Å². The van der Waals surface area contributed by atoms with Crippen LogP contribution < -0.4 is 20.9 Å². The van der Waals surface area contributed by atoms with Gasteiger partial charge in [0.1, 0.15) is 12.7 Å². The normalized spacial score (nSPS) is 19.1. The van der Waals surface area contributed by atoms with Crippen molar-refractivity contribution in [3.05, 3.63) is 82.6 Å². The van der Waals surface area contributed by atoms with Crippen molar-refractivity contribution in [3.63, 3.8) is 0 Å². The first-order valence-corrected chi connectivity index (χ1v) is 12.3. The van der Waals surface area contributed by atoms with Gasteiger partial charge in [-0.25, -0.2) is 4.79 Å². The average molecular weight is 539 g/mol. The van der Waals surface area contributed by atoms with Gasteiger partial charge in [-0.2, -0.15) is 15.8 Å². The highest BCUT2D eigenvalue weighted by Gasteiger charge is 2.55. The molecule has 202 valence electrons. The first-order chi connectivity index (χ1) is 19.3. The number of carbonyl (C=O) groups excluding carboxylic acids is 2. The highest BCUT2D eigenvalue weighted by atomic mass is 16.6. The fraction of sp³-hybridized carbons (Fsp3) is 0.276. The average Bonchev–Trinajstić information content (AvgIpc) is 2.98. The highest BCUT2D eigenvalue weighted by Crippen LogP contribution is 2.54. The molecule has 2 aromatic rings. The summed E-state index contributed by atoms with van der Waals surface area (Å²) in [4.78, 5) is 25.7. The van der Waals surface area contributed by atoms with E-state index < -0.39 is 29.3 Å². The van der Waals surface area contributed by atoms with E-state index in [0.717, 1.165) is 5.56 Å². The van der Waals surface area contributed by atoms with E-state index in [9.17, 15) is 25.4 Å². The topological polar surface area (TPSA) is 188 Å². The lowest BCUT2D eigenvalue weighted by atomic mass is 9.58. The third kappa shape index (κ3) is 4.99. The molecule has 11 heteroatoms. The summed E-state index contributed by atoms with van der Waals surface area (Å²) < 4.78 is 16.4. The summed E-state index contributed by atoms with van der Waals surface area (Å²) in [5.74, 6) is -1.76. The Bertz CT molecular complexity index is 1500. The van der Waals surface area contributed by atoms with Crippen molar-refractivity contribution in [3.8, 4) is 29.7 Å². The number of amides is 2. The molecule has 0 fully saturated rings. The van der Waals surface area contributed by atoms with Crippen LogP contribution in [0.5, 0.6) is 11.5 Å². The van der Waals surface area contributed by atoms with Crippen LogP contribution in [-0.2, 0) is 16.1 Å². The van der Waals surface area contributed by atoms with Gasteiger partial charge < -0.3 is 30.6 Å². The summed E-state index contributed by atoms with van der Waals surface area (Å²) in [5, 5.41) is 30.6. The lowest BCUT2D eigenvalue weighted by Gasteiger charge is -2.45. The zero-order valence-electron chi connectivity index (χ0n) is 21.7. The molecular weight excluding hydrogens is 512 g/mol. The molecule has 0 saturated carbocycles. The van der Waals surface area contributed by atoms with E-state index in [4.69, 9.17) is 25.7 Å². The van der Waals surface area contributed by atoms with Gasteiger partial charge in [-0.3, -0.25) is 4.79 Å². The van der Waals surface area contributed by atoms with E-state index in [1.807, 2.05) is 30.3 Å². The Morgan fingerprint density at radius 1 is 1.10 bits per heavy atom. The molecule has 0 saturated heterocycles. The predicted octanol–water partition coefficient (Wildman–Crippen LogP) is 2.62. The standard InChI is InChI=1S/C29H26N6O5/c1-38-24-11-19(7-8-23(24)39-15-25(33)36)26-22-13-35(28(37)40-14-18-5-3-2-4-6-18)10-9-20(22)21(12-30)27(34)29(26,16-31)17-32/h2-9,11,22,26H,10,13-15,34H2,1H3,(H2,33,36)/t22-,26+/m0/s1. The number of nitriles is 3. The first kappa shape index (κ1) is 27.6. The zero-order valence-corrected chi connectivity index (χ0v) is 21.7. The molecule has 0 radical (unpaired) electrons. The molecule has 0 unspecified atom stereocenters. The molecule has 40 heavy (non-hydrogen) atoms. The van der Waals surface area contributed by atoms with Gasteiger partial charge in [-0.05, 0) is 28.8 Å². The summed E-state index contributed by atoms with van der Waals surface area (Å²) in [7, 11) is 1.40. The highest BCUT2D eigenvalue weighted by molar-refractivity contribution is 5.75. The summed E-state index contributed by atoms with van der Waals surface area (Å²) in [6, 6.07) is 20.1. The summed E-state index contributed by atoms with van der Waals surface area (Å²) in [5.41, 5.74) is 11.4. The zero-order chi connectivity index (χ0) is 28.9. The number of ether oxygens (including phenoxy) is 3. The number of fused-ring (bicyclic) bond motifs is 1. The molecular formula is C29H26N6O5. The second-order valence-electron chi connectivity index (χ2n) is 9.29. The van der Waals surface area contributed by atoms with E-state index >= 15 is 0 Å². The molecule has 1 aliphatic carbocycles. The minimum absolute atomic E-state index is 0.0510. The molecule has 0 bridgehead atoms. The fourth-order valence-corrected chi connectivity index (χ4v) is 5.16. The molecule has 11 nitrogen and oxygen atoms in total. The smallest absolute Gasteiger partial charge is 0.410 e. The monoisotopic (exact) mass is 538 g/mol. The Labute approximate surface area is 231 Å². The van der Waals surface area contributed by atoms with Gasteiger partial charge in [0.25, 0.3) is 5.91 Å². The lowest BCUT2D eigenvalue weighted by Crippen LogP contribution is -2.49. The van der Waals surface area contributed by atoms with Gasteiger partial charge in [0, 0.05) is 24.9 Å². The van der Waals surface area contributed by atoms with Crippen LogP contribution in [0.25, 0.3) is 0 Å². The van der Waals surface area contributed by atoms with E-state index in [2.05, 4.69) is 18.2 Å². The van der Waals surface area contributed by atoms with E-state index in [-0.39, 0.29) is 49.1 Å². The maximum atomic E-state index is 13.0. The number of allylic oxidation sites excluding steroid dienone is 2. The summed E-state index contributed by atoms with van der Waals surface area (Å²) in [6.45, 7) is -0.0897. The molecule has 0 aromatic heterocycles. The Morgan fingerprint density at radius 2 is 1.82 bits per heavy atom. The molecule has 2 amide bonds. The quantitative estimate of drug-likeness (QED) is 0.534. The van der Waals surface area contributed by atoms with Crippen LogP contribution in [0.3, 0.4) is 0 Å². The maximum Gasteiger partial charge on any atom is 0.410 e. The summed E-state index contributed by atoms with van der Waals surface area (Å²) >= 11 is 0. The molecule has 2 atom stereocenters. The van der Waals surface area contributed by atoms with Crippen molar-refractivity contribution in [2.75, 3.05) is 26.8 Å². The molecule has 0 spiro atoms. The van der Waals surface area contributed by atoms with Crippen molar-refractivity contribution >= 4 is 12.0 Å². The predicted molar refractivity (Wildman–Crippen MR) is 141 cm³/mol. The molecule has 1 heterocycles. The number of nitrogens with two attached hydrogens (primary N) is 2. The second-order valence-corrected chi connectivity index (χ2v) is 9.29. The van der Waals surface area contributed by atoms with Crippen LogP contribution in [0.1, 0.15) is 17.0 Å². The molecule has 1 aliphatic heterocycles. The molecule has 4 N–H and O–H groups in total. The third-order valence-corrected chi connectivity index (χ3v) is 7.04. The number of hydrogen-bond donors (Lipinski definition) is 2. The van der Waals surface area contributed by atoms with Crippen molar-refractivity contribution in [1.29, 1.82) is 15.8 Å². The van der Waals surface area contributed by atoms with Crippen LogP contribution in [-0.4, -0.2) is 43.7 Å². The van der Waals surface area contributed by atoms with Crippen LogP contribution >= 0.6 is 0 Å². The number of methoxy groups -OCH3 is 1. The van der Waals surface area contributed by atoms with Crippen molar-refractivity contribution in [2.24, 2.45) is 22.8 Å². The van der Waals surface area contributed by atoms with Gasteiger partial charge in [0.15, 0.2) is 23.5 Å². The number of nitrogens with zero attached hydrogens (tertiary/aromatic N) is 4. The van der Waals surface area contributed by atoms with Crippen LogP contribution in [0.2, 0.25) is 0 Å². The van der Waals surface area contributed by atoms with E-state index in [1.165, 1.54) is 18.1 Å². The maximum absolute atomic E-state index is 13.0. The third-order valence-electron chi connectivity index (χ3n) is 7.04. The Hall–Kier alpha value is -5.47. The van der Waals surface area contributed by atoms with E-state index in [1.54, 1.807) is 18.2 Å². The Morgan fingerprint density at radius 3 is 2.45 bits per heavy atom. The van der Waals surface area contributed by atoms with Gasteiger partial charge in [0.05, 0.1) is 30.5 Å². The number of primary amides is 1. The number of hydrogen-bond acceptors (Lipinski definition) is 9. The van der Waals surface area contributed by atoms with Crippen molar-refractivity contribution in [1.82, 2.24) is 4.90 Å². The van der Waals surface area contributed by atoms with Crippen molar-refractivity contribution in [2.45, 2.75) is 12.5 Å². The number of benzene rings is 2. The number of carbonyl (C=O) groups is 2. The fourth-order valence-electron chi connectivity index (χ4n) is 5.16.